The van der Waals surface area contributed by atoms with Gasteiger partial charge in [-0.1, -0.05) is 30.3 Å². The number of hydrogen-bond acceptors (Lipinski definition) is 4. The lowest BCUT2D eigenvalue weighted by Gasteiger charge is -2.07. The molecule has 0 spiro atoms. The smallest absolute Gasteiger partial charge is 0.264 e. The lowest BCUT2D eigenvalue weighted by atomic mass is 10.2. The van der Waals surface area contributed by atoms with Crippen molar-refractivity contribution in [3.8, 4) is 0 Å². The fourth-order valence-electron chi connectivity index (χ4n) is 3.03. The zero-order chi connectivity index (χ0) is 20.2. The van der Waals surface area contributed by atoms with Gasteiger partial charge in [-0.05, 0) is 29.8 Å². The first-order chi connectivity index (χ1) is 14.1. The third-order valence-electron chi connectivity index (χ3n) is 4.53. The molecule has 146 valence electrons. The van der Waals surface area contributed by atoms with E-state index in [1.54, 1.807) is 9.25 Å². The summed E-state index contributed by atoms with van der Waals surface area (Å²) in [7, 11) is 0. The van der Waals surface area contributed by atoms with Gasteiger partial charge < -0.3 is 5.32 Å². The van der Waals surface area contributed by atoms with Crippen LogP contribution in [0.2, 0.25) is 0 Å². The highest BCUT2D eigenvalue weighted by Crippen LogP contribution is 2.07. The summed E-state index contributed by atoms with van der Waals surface area (Å²) in [5.41, 5.74) is 1.68. The van der Waals surface area contributed by atoms with Gasteiger partial charge in [0.25, 0.3) is 11.5 Å². The van der Waals surface area contributed by atoms with Gasteiger partial charge in [0.2, 0.25) is 0 Å². The van der Waals surface area contributed by atoms with Gasteiger partial charge in [-0.2, -0.15) is 5.10 Å². The maximum absolute atomic E-state index is 12.9. The lowest BCUT2D eigenvalue weighted by Crippen LogP contribution is -2.27. The molecular weight excluding hydrogens is 373 g/mol. The summed E-state index contributed by atoms with van der Waals surface area (Å²) in [5.74, 6) is -0.701. The maximum atomic E-state index is 12.9. The molecule has 0 aliphatic rings. The first-order valence-electron chi connectivity index (χ1n) is 9.10. The third kappa shape index (κ3) is 4.06. The molecule has 0 saturated carbocycles. The number of carbonyl (C=O) groups is 1. The Hall–Kier alpha value is -3.81. The molecule has 2 aromatic carbocycles. The average Bonchev–Trinajstić information content (AvgIpc) is 3.15. The van der Waals surface area contributed by atoms with Gasteiger partial charge in [0.05, 0.1) is 19.3 Å². The summed E-state index contributed by atoms with van der Waals surface area (Å²) < 4.78 is 16.1. The van der Waals surface area contributed by atoms with E-state index in [0.29, 0.717) is 36.2 Å². The standard InChI is InChI=1S/C21H18FN5O2/c22-17-8-6-16(7-9-17)20(28)23-10-11-27-19-18(12-25-27)21(29)26(14-24-19)13-15-4-2-1-3-5-15/h1-9,12,14H,10-11,13H2,(H,23,28). The summed E-state index contributed by atoms with van der Waals surface area (Å²) in [5, 5.41) is 7.40. The number of amides is 1. The van der Waals surface area contributed by atoms with Gasteiger partial charge in [0.15, 0.2) is 5.65 Å². The largest absolute Gasteiger partial charge is 0.350 e. The molecule has 29 heavy (non-hydrogen) atoms. The van der Waals surface area contributed by atoms with Crippen LogP contribution in [0.4, 0.5) is 4.39 Å². The Kier molecular flexibility index (Phi) is 5.15. The number of halogens is 1. The third-order valence-corrected chi connectivity index (χ3v) is 4.53. The first kappa shape index (κ1) is 18.5. The topological polar surface area (TPSA) is 81.8 Å². The van der Waals surface area contributed by atoms with Crippen LogP contribution in [-0.4, -0.2) is 31.8 Å². The molecule has 0 atom stereocenters. The highest BCUT2D eigenvalue weighted by atomic mass is 19.1. The van der Waals surface area contributed by atoms with Crippen molar-refractivity contribution < 1.29 is 9.18 Å². The predicted octanol–water partition coefficient (Wildman–Crippen LogP) is 2.21. The number of fused-ring (bicyclic) bond motifs is 1. The Morgan fingerprint density at radius 2 is 1.83 bits per heavy atom. The Morgan fingerprint density at radius 3 is 2.59 bits per heavy atom. The molecule has 2 heterocycles. The molecule has 2 aromatic heterocycles. The number of nitrogens with one attached hydrogen (secondary N) is 1. The molecule has 1 N–H and O–H groups in total. The first-order valence-corrected chi connectivity index (χ1v) is 9.10. The van der Waals surface area contributed by atoms with E-state index in [9.17, 15) is 14.0 Å². The van der Waals surface area contributed by atoms with Crippen LogP contribution in [0.1, 0.15) is 15.9 Å². The van der Waals surface area contributed by atoms with Crippen molar-refractivity contribution in [1.82, 2.24) is 24.6 Å². The van der Waals surface area contributed by atoms with Crippen LogP contribution in [0, 0.1) is 5.82 Å². The average molecular weight is 391 g/mol. The second-order valence-electron chi connectivity index (χ2n) is 6.53. The van der Waals surface area contributed by atoms with E-state index < -0.39 is 5.82 Å². The van der Waals surface area contributed by atoms with Crippen LogP contribution in [0.3, 0.4) is 0 Å². The molecular formula is C21H18FN5O2. The minimum atomic E-state index is -0.395. The highest BCUT2D eigenvalue weighted by Gasteiger charge is 2.11. The van der Waals surface area contributed by atoms with Crippen LogP contribution in [0.25, 0.3) is 11.0 Å². The van der Waals surface area contributed by atoms with Crippen LogP contribution >= 0.6 is 0 Å². The minimum Gasteiger partial charge on any atom is -0.350 e. The van der Waals surface area contributed by atoms with Crippen molar-refractivity contribution in [2.45, 2.75) is 13.1 Å². The fraction of sp³-hybridized carbons (Fsp3) is 0.143. The van der Waals surface area contributed by atoms with E-state index in [-0.39, 0.29) is 11.5 Å². The number of carbonyl (C=O) groups excluding carboxylic acids is 1. The number of benzene rings is 2. The Labute approximate surface area is 165 Å². The number of rotatable bonds is 6. The minimum absolute atomic E-state index is 0.166. The van der Waals surface area contributed by atoms with Crippen LogP contribution in [-0.2, 0) is 13.1 Å². The molecule has 0 aliphatic carbocycles. The van der Waals surface area contributed by atoms with Crippen LogP contribution < -0.4 is 10.9 Å². The van der Waals surface area contributed by atoms with Crippen molar-refractivity contribution in [2.24, 2.45) is 0 Å². The molecule has 8 heteroatoms. The Bertz CT molecular complexity index is 1200. The Balaban J connectivity index is 1.45. The van der Waals surface area contributed by atoms with Gasteiger partial charge in [0, 0.05) is 12.1 Å². The number of aromatic nitrogens is 4. The van der Waals surface area contributed by atoms with Crippen molar-refractivity contribution in [2.75, 3.05) is 6.54 Å². The van der Waals surface area contributed by atoms with E-state index in [1.165, 1.54) is 36.8 Å². The van der Waals surface area contributed by atoms with Gasteiger partial charge in [0.1, 0.15) is 17.5 Å². The highest BCUT2D eigenvalue weighted by molar-refractivity contribution is 5.94. The summed E-state index contributed by atoms with van der Waals surface area (Å²) in [6.07, 6.45) is 3.00. The summed E-state index contributed by atoms with van der Waals surface area (Å²) in [4.78, 5) is 29.2. The molecule has 0 aliphatic heterocycles. The molecule has 0 bridgehead atoms. The zero-order valence-electron chi connectivity index (χ0n) is 15.5. The van der Waals surface area contributed by atoms with Gasteiger partial charge in [-0.25, -0.2) is 14.1 Å². The lowest BCUT2D eigenvalue weighted by molar-refractivity contribution is 0.0952. The van der Waals surface area contributed by atoms with Gasteiger partial charge in [-0.3, -0.25) is 14.2 Å². The molecule has 4 rings (SSSR count). The Morgan fingerprint density at radius 1 is 1.07 bits per heavy atom. The monoisotopic (exact) mass is 391 g/mol. The van der Waals surface area contributed by atoms with E-state index in [0.717, 1.165) is 5.56 Å². The fourth-order valence-corrected chi connectivity index (χ4v) is 3.03. The van der Waals surface area contributed by atoms with E-state index in [2.05, 4.69) is 15.4 Å². The second-order valence-corrected chi connectivity index (χ2v) is 6.53. The van der Waals surface area contributed by atoms with E-state index in [4.69, 9.17) is 0 Å². The van der Waals surface area contributed by atoms with Crippen molar-refractivity contribution in [3.05, 3.63) is 94.4 Å². The summed E-state index contributed by atoms with van der Waals surface area (Å²) in [6.45, 7) is 1.08. The van der Waals surface area contributed by atoms with Crippen molar-refractivity contribution in [3.63, 3.8) is 0 Å². The predicted molar refractivity (Wildman–Crippen MR) is 106 cm³/mol. The number of nitrogens with zero attached hydrogens (tertiary/aromatic N) is 4. The van der Waals surface area contributed by atoms with E-state index >= 15 is 0 Å². The molecule has 0 saturated heterocycles. The zero-order valence-corrected chi connectivity index (χ0v) is 15.5. The molecule has 0 radical (unpaired) electrons. The van der Waals surface area contributed by atoms with Gasteiger partial charge >= 0.3 is 0 Å². The van der Waals surface area contributed by atoms with Crippen molar-refractivity contribution in [1.29, 1.82) is 0 Å². The van der Waals surface area contributed by atoms with Crippen molar-refractivity contribution >= 4 is 16.9 Å². The van der Waals surface area contributed by atoms with Crippen LogP contribution in [0.5, 0.6) is 0 Å². The van der Waals surface area contributed by atoms with Gasteiger partial charge in [-0.15, -0.1) is 0 Å². The normalized spacial score (nSPS) is 10.9. The van der Waals surface area contributed by atoms with Crippen LogP contribution in [0.15, 0.2) is 71.9 Å². The summed E-state index contributed by atoms with van der Waals surface area (Å²) in [6, 6.07) is 15.0. The molecule has 0 fully saturated rings. The summed E-state index contributed by atoms with van der Waals surface area (Å²) >= 11 is 0. The SMILES string of the molecule is O=C(NCCn1ncc2c(=O)n(Cc3ccccc3)cnc21)c1ccc(F)cc1. The molecule has 4 aromatic rings. The molecule has 7 nitrogen and oxygen atoms in total. The van der Waals surface area contributed by atoms with E-state index in [1.807, 2.05) is 30.3 Å². The quantitative estimate of drug-likeness (QED) is 0.546. The molecule has 1 amide bonds. The maximum Gasteiger partial charge on any atom is 0.264 e. The number of hydrogen-bond donors (Lipinski definition) is 1. The molecule has 0 unspecified atom stereocenters. The second kappa shape index (κ2) is 8.05.